The molecule has 3 aromatic rings. The number of thioether (sulfide) groups is 1. The van der Waals surface area contributed by atoms with Gasteiger partial charge in [0.2, 0.25) is 0 Å². The maximum Gasteiger partial charge on any atom is 0.573 e. The van der Waals surface area contributed by atoms with Crippen LogP contribution in [0.5, 0.6) is 5.75 Å². The summed E-state index contributed by atoms with van der Waals surface area (Å²) in [5.74, 6) is -0.535. The number of ether oxygens (including phenoxy) is 2. The number of carbonyl (C=O) groups is 1. The van der Waals surface area contributed by atoms with Gasteiger partial charge in [0, 0.05) is 39.5 Å². The van der Waals surface area contributed by atoms with Gasteiger partial charge in [-0.1, -0.05) is 12.1 Å². The molecule has 12 heteroatoms. The SMILES string of the molecule is Cc1ccc(-c2cc3ccc(SCCCC(O)C(O)CCCOC(=O)C(CC(C)(C)N)C(C)(C)N)cc3n2C)c(OC(F)(F)F)c1. The van der Waals surface area contributed by atoms with Crippen LogP contribution in [0, 0.1) is 12.8 Å². The van der Waals surface area contributed by atoms with Crippen molar-refractivity contribution in [2.75, 3.05) is 12.4 Å². The van der Waals surface area contributed by atoms with E-state index in [-0.39, 0.29) is 18.8 Å². The van der Waals surface area contributed by atoms with E-state index >= 15 is 0 Å². The first kappa shape index (κ1) is 37.7. The van der Waals surface area contributed by atoms with Gasteiger partial charge in [0.05, 0.1) is 30.4 Å². The molecule has 6 N–H and O–H groups in total. The molecule has 3 atom stereocenters. The number of aliphatic hydroxyl groups excluding tert-OH is 2. The minimum atomic E-state index is -4.80. The fourth-order valence-electron chi connectivity index (χ4n) is 5.32. The van der Waals surface area contributed by atoms with Gasteiger partial charge < -0.3 is 35.7 Å². The molecule has 3 unspecified atom stereocenters. The molecule has 0 saturated heterocycles. The molecule has 0 aliphatic carbocycles. The lowest BCUT2D eigenvalue weighted by Gasteiger charge is -2.33. The highest BCUT2D eigenvalue weighted by molar-refractivity contribution is 7.99. The molecule has 1 aromatic heterocycles. The molecule has 0 bridgehead atoms. The molecule has 256 valence electrons. The highest BCUT2D eigenvalue weighted by Crippen LogP contribution is 2.38. The first-order valence-corrected chi connectivity index (χ1v) is 16.4. The van der Waals surface area contributed by atoms with Crippen molar-refractivity contribution in [3.8, 4) is 17.0 Å². The number of aromatic nitrogens is 1. The Hall–Kier alpha value is -2.77. The summed E-state index contributed by atoms with van der Waals surface area (Å²) in [6.07, 6.45) is -4.55. The Morgan fingerprint density at radius 1 is 0.978 bits per heavy atom. The van der Waals surface area contributed by atoms with Gasteiger partial charge in [-0.25, -0.2) is 0 Å². The zero-order valence-electron chi connectivity index (χ0n) is 27.5. The van der Waals surface area contributed by atoms with E-state index in [9.17, 15) is 28.2 Å². The molecule has 1 heterocycles. The van der Waals surface area contributed by atoms with Gasteiger partial charge >= 0.3 is 12.3 Å². The van der Waals surface area contributed by atoms with Crippen LogP contribution in [0.15, 0.2) is 47.4 Å². The molecule has 0 aliphatic heterocycles. The summed E-state index contributed by atoms with van der Waals surface area (Å²) in [6, 6.07) is 12.5. The molecule has 0 aliphatic rings. The van der Waals surface area contributed by atoms with Crippen LogP contribution in [0.3, 0.4) is 0 Å². The van der Waals surface area contributed by atoms with Crippen LogP contribution < -0.4 is 16.2 Å². The van der Waals surface area contributed by atoms with Crippen molar-refractivity contribution in [3.63, 3.8) is 0 Å². The fraction of sp³-hybridized carbons (Fsp3) is 0.559. The van der Waals surface area contributed by atoms with E-state index in [0.717, 1.165) is 15.8 Å². The second-order valence-corrected chi connectivity index (χ2v) is 14.5. The third-order valence-electron chi connectivity index (χ3n) is 7.81. The van der Waals surface area contributed by atoms with Crippen LogP contribution in [0.25, 0.3) is 22.2 Å². The van der Waals surface area contributed by atoms with Crippen molar-refractivity contribution in [2.45, 2.75) is 101 Å². The van der Waals surface area contributed by atoms with E-state index in [1.54, 1.807) is 51.7 Å². The van der Waals surface area contributed by atoms with Crippen molar-refractivity contribution in [3.05, 3.63) is 48.0 Å². The van der Waals surface area contributed by atoms with Crippen LogP contribution in [0.2, 0.25) is 0 Å². The first-order chi connectivity index (χ1) is 21.2. The number of hydrogen-bond acceptors (Lipinski definition) is 8. The monoisotopic (exact) mass is 667 g/mol. The van der Waals surface area contributed by atoms with Crippen molar-refractivity contribution >= 4 is 28.6 Å². The number of halogens is 3. The molecule has 46 heavy (non-hydrogen) atoms. The normalized spacial score (nSPS) is 14.7. The Morgan fingerprint density at radius 2 is 1.63 bits per heavy atom. The van der Waals surface area contributed by atoms with E-state index in [2.05, 4.69) is 4.74 Å². The number of fused-ring (bicyclic) bond motifs is 1. The largest absolute Gasteiger partial charge is 0.573 e. The maximum atomic E-state index is 13.1. The van der Waals surface area contributed by atoms with Crippen molar-refractivity contribution in [1.82, 2.24) is 4.57 Å². The Morgan fingerprint density at radius 3 is 2.24 bits per heavy atom. The van der Waals surface area contributed by atoms with E-state index in [1.165, 1.54) is 6.07 Å². The van der Waals surface area contributed by atoms with E-state index in [4.69, 9.17) is 16.2 Å². The molecule has 8 nitrogen and oxygen atoms in total. The smallest absolute Gasteiger partial charge is 0.465 e. The van der Waals surface area contributed by atoms with Gasteiger partial charge in [-0.05, 0) is 108 Å². The zero-order valence-corrected chi connectivity index (χ0v) is 28.3. The number of alkyl halides is 3. The van der Waals surface area contributed by atoms with E-state index in [0.29, 0.717) is 48.3 Å². The second-order valence-electron chi connectivity index (χ2n) is 13.4. The average molecular weight is 668 g/mol. The predicted octanol–water partition coefficient (Wildman–Crippen LogP) is 6.45. The van der Waals surface area contributed by atoms with Gasteiger partial charge in [-0.3, -0.25) is 4.79 Å². The molecule has 0 radical (unpaired) electrons. The second kappa shape index (κ2) is 15.4. The summed E-state index contributed by atoms with van der Waals surface area (Å²) in [4.78, 5) is 13.6. The molecule has 3 rings (SSSR count). The summed E-state index contributed by atoms with van der Waals surface area (Å²) in [5, 5.41) is 21.8. The lowest BCUT2D eigenvalue weighted by atomic mass is 9.80. The Balaban J connectivity index is 1.49. The van der Waals surface area contributed by atoms with Gasteiger partial charge in [0.25, 0.3) is 0 Å². The number of esters is 1. The van der Waals surface area contributed by atoms with E-state index in [1.807, 2.05) is 42.7 Å². The summed E-state index contributed by atoms with van der Waals surface area (Å²) in [7, 11) is 1.81. The van der Waals surface area contributed by atoms with Crippen molar-refractivity contribution < 1.29 is 37.7 Å². The summed E-state index contributed by atoms with van der Waals surface area (Å²) >= 11 is 1.59. The van der Waals surface area contributed by atoms with Crippen LogP contribution in [0.1, 0.15) is 65.4 Å². The Kier molecular flexibility index (Phi) is 12.6. The number of aliphatic hydroxyl groups is 2. The van der Waals surface area contributed by atoms with Gasteiger partial charge in [0.15, 0.2) is 0 Å². The molecule has 0 fully saturated rings. The Labute approximate surface area is 273 Å². The lowest BCUT2D eigenvalue weighted by molar-refractivity contribution is -0.274. The minimum Gasteiger partial charge on any atom is -0.465 e. The number of carbonyl (C=O) groups excluding carboxylic acids is 1. The Bertz CT molecular complexity index is 1460. The zero-order chi connectivity index (χ0) is 34.4. The number of aryl methyl sites for hydroxylation is 2. The fourth-order valence-corrected chi connectivity index (χ4v) is 6.22. The maximum absolute atomic E-state index is 13.1. The molecular weight excluding hydrogens is 619 g/mol. The van der Waals surface area contributed by atoms with Crippen LogP contribution >= 0.6 is 11.8 Å². The average Bonchev–Trinajstić information content (AvgIpc) is 3.25. The summed E-state index contributed by atoms with van der Waals surface area (Å²) in [5.41, 5.74) is 13.4. The number of nitrogens with two attached hydrogens (primary N) is 2. The molecular formula is C34H48F3N3O5S. The summed E-state index contributed by atoms with van der Waals surface area (Å²) in [6.45, 7) is 9.01. The summed E-state index contributed by atoms with van der Waals surface area (Å²) < 4.78 is 50.8. The van der Waals surface area contributed by atoms with E-state index < -0.39 is 41.5 Å². The van der Waals surface area contributed by atoms with Crippen molar-refractivity contribution in [2.24, 2.45) is 24.4 Å². The molecule has 0 spiro atoms. The number of rotatable bonds is 16. The standard InChI is InChI=1S/C34H48F3N3O5S/c1-21-11-14-24(30(17-21)45-34(35,36)37)27-18-22-12-13-23(19-26(22)40(27)6)46-16-8-10-29(42)28(41)9-7-15-44-31(43)25(33(4,5)39)20-32(2,3)38/h11-14,17-19,25,28-29,41-42H,7-10,15-16,20,38-39H2,1-6H3. The quantitative estimate of drug-likeness (QED) is 0.0779. The highest BCUT2D eigenvalue weighted by Gasteiger charge is 2.36. The topological polar surface area (TPSA) is 133 Å². The van der Waals surface area contributed by atoms with Gasteiger partial charge in [0.1, 0.15) is 5.75 Å². The predicted molar refractivity (Wildman–Crippen MR) is 177 cm³/mol. The highest BCUT2D eigenvalue weighted by atomic mass is 32.2. The molecule has 0 amide bonds. The molecule has 2 aromatic carbocycles. The third kappa shape index (κ3) is 11.2. The number of benzene rings is 2. The third-order valence-corrected chi connectivity index (χ3v) is 8.89. The van der Waals surface area contributed by atoms with Gasteiger partial charge in [-0.15, -0.1) is 24.9 Å². The minimum absolute atomic E-state index is 0.111. The lowest BCUT2D eigenvalue weighted by Crippen LogP contribution is -2.50. The van der Waals surface area contributed by atoms with Crippen molar-refractivity contribution in [1.29, 1.82) is 0 Å². The number of hydrogen-bond donors (Lipinski definition) is 4. The van der Waals surface area contributed by atoms with Gasteiger partial charge in [-0.2, -0.15) is 0 Å². The first-order valence-electron chi connectivity index (χ1n) is 15.4. The van der Waals surface area contributed by atoms with Crippen LogP contribution in [-0.4, -0.2) is 62.8 Å². The van der Waals surface area contributed by atoms with Crippen LogP contribution in [0.4, 0.5) is 13.2 Å². The number of nitrogens with zero attached hydrogens (tertiary/aromatic N) is 1. The van der Waals surface area contributed by atoms with Crippen LogP contribution in [-0.2, 0) is 16.6 Å². The molecule has 0 saturated carbocycles.